The molecule has 1 aromatic rings. The molecule has 0 saturated carbocycles. The van der Waals surface area contributed by atoms with Gasteiger partial charge in [0.2, 0.25) is 0 Å². The molecule has 36 heavy (non-hydrogen) atoms. The second-order valence-corrected chi connectivity index (χ2v) is 15.1. The van der Waals surface area contributed by atoms with Gasteiger partial charge in [-0.05, 0) is 0 Å². The van der Waals surface area contributed by atoms with Crippen molar-refractivity contribution >= 4 is 12.7 Å². The molecule has 0 bridgehead atoms. The van der Waals surface area contributed by atoms with Gasteiger partial charge in [-0.15, -0.1) is 0 Å². The molecule has 0 fully saturated rings. The summed E-state index contributed by atoms with van der Waals surface area (Å²) in [6.45, 7) is 6.83. The van der Waals surface area contributed by atoms with Gasteiger partial charge in [0, 0.05) is 0 Å². The predicted octanol–water partition coefficient (Wildman–Crippen LogP) is 7.44. The van der Waals surface area contributed by atoms with E-state index in [1.165, 1.54) is 89.9 Å². The van der Waals surface area contributed by atoms with Crippen LogP contribution in [0.25, 0.3) is 0 Å². The zero-order chi connectivity index (χ0) is 26.3. The van der Waals surface area contributed by atoms with E-state index in [2.05, 4.69) is 17.6 Å². The van der Waals surface area contributed by atoms with Gasteiger partial charge in [0.15, 0.2) is 0 Å². The van der Waals surface area contributed by atoms with E-state index in [0.29, 0.717) is 6.54 Å². The number of nitrogens with one attached hydrogen (secondary N) is 2. The van der Waals surface area contributed by atoms with Crippen molar-refractivity contribution in [3.8, 4) is 0 Å². The molecule has 1 atom stereocenters. The number of hydrogen-bond acceptors (Lipinski definition) is 3. The number of carbonyl (C=O) groups is 2. The number of hydrogen-bond donors (Lipinski definition) is 2. The van der Waals surface area contributed by atoms with Crippen molar-refractivity contribution in [1.82, 2.24) is 10.6 Å². The normalized spacial score (nSPS) is 11.7. The zero-order valence-electron chi connectivity index (χ0n) is 23.4. The molecular weight excluding hydrogens is 663 g/mol. The van der Waals surface area contributed by atoms with Crippen molar-refractivity contribution in [2.45, 2.75) is 130 Å². The molecular formula is C30H52AcN2O3. The number of carbonyl (C=O) groups excluding carboxylic acids is 2. The van der Waals surface area contributed by atoms with Crippen LogP contribution in [-0.4, -0.2) is 24.6 Å². The number of unbranched alkanes of at least 4 members (excludes halogenated alkanes) is 15. The van der Waals surface area contributed by atoms with Crippen LogP contribution in [0.3, 0.4) is 0 Å². The van der Waals surface area contributed by atoms with E-state index in [0.717, 1.165) is 13.6 Å². The summed E-state index contributed by atoms with van der Waals surface area (Å²) in [5.41, 5.74) is 0. The molecule has 0 saturated heterocycles. The third kappa shape index (κ3) is 18.6. The first-order valence-electron chi connectivity index (χ1n) is 14.7. The summed E-state index contributed by atoms with van der Waals surface area (Å²) in [5.74, 6) is -0.102. The summed E-state index contributed by atoms with van der Waals surface area (Å²) in [5, 5.41) is 5.78. The van der Waals surface area contributed by atoms with Gasteiger partial charge in [-0.1, -0.05) is 77.6 Å². The topological polar surface area (TPSA) is 67.4 Å². The van der Waals surface area contributed by atoms with Crippen molar-refractivity contribution in [3.63, 3.8) is 0 Å². The predicted molar refractivity (Wildman–Crippen MR) is 147 cm³/mol. The molecule has 0 aliphatic heterocycles. The fourth-order valence-electron chi connectivity index (χ4n) is 4.34. The Labute approximate surface area is 244 Å². The maximum atomic E-state index is 12.6. The van der Waals surface area contributed by atoms with Crippen molar-refractivity contribution < 1.29 is 50.6 Å². The van der Waals surface area contributed by atoms with Crippen LogP contribution in [-0.2, 0) is 5.46 Å². The van der Waals surface area contributed by atoms with E-state index in [4.69, 9.17) is 0.663 Å². The van der Waals surface area contributed by atoms with E-state index < -0.39 is 52.5 Å². The maximum absolute atomic E-state index is 12.6. The van der Waals surface area contributed by atoms with E-state index in [1.54, 1.807) is 0 Å². The van der Waals surface area contributed by atoms with Gasteiger partial charge in [-0.25, -0.2) is 0 Å². The van der Waals surface area contributed by atoms with Gasteiger partial charge in [0.1, 0.15) is 0 Å². The first kappa shape index (κ1) is 33.4. The van der Waals surface area contributed by atoms with Gasteiger partial charge < -0.3 is 0 Å². The Morgan fingerprint density at radius 3 is 1.69 bits per heavy atom. The summed E-state index contributed by atoms with van der Waals surface area (Å²) < 4.78 is 6.62. The summed E-state index contributed by atoms with van der Waals surface area (Å²) in [7, 11) is 0. The van der Waals surface area contributed by atoms with E-state index in [1.807, 2.05) is 44.2 Å². The molecule has 203 valence electrons. The van der Waals surface area contributed by atoms with E-state index in [9.17, 15) is 9.59 Å². The fourth-order valence-corrected chi connectivity index (χ4v) is 7.18. The summed E-state index contributed by atoms with van der Waals surface area (Å²) in [6.07, 6.45) is 21.0. The van der Waals surface area contributed by atoms with E-state index >= 15 is 0 Å². The summed E-state index contributed by atoms with van der Waals surface area (Å²) >= 11 is -1.91. The molecule has 1 rings (SSSR count). The second-order valence-electron chi connectivity index (χ2n) is 10.4. The van der Waals surface area contributed by atoms with Crippen molar-refractivity contribution in [3.05, 3.63) is 30.3 Å². The van der Waals surface area contributed by atoms with Gasteiger partial charge in [0.05, 0.1) is 0 Å². The van der Waals surface area contributed by atoms with Crippen LogP contribution in [0, 0.1) is 46.2 Å². The van der Waals surface area contributed by atoms with Crippen LogP contribution in [0.5, 0.6) is 0 Å². The van der Waals surface area contributed by atoms with Crippen LogP contribution in [0.15, 0.2) is 30.3 Å². The second kappa shape index (κ2) is 23.5. The number of rotatable bonds is 22. The molecule has 6 heteroatoms. The minimum absolute atomic E-state index is 0.0106. The van der Waals surface area contributed by atoms with Crippen LogP contribution in [0.2, 0.25) is 0 Å². The van der Waals surface area contributed by atoms with Crippen molar-refractivity contribution in [1.29, 1.82) is 0 Å². The Kier molecular flexibility index (Phi) is 21.8. The molecule has 0 spiro atoms. The third-order valence-electron chi connectivity index (χ3n) is 6.65. The first-order valence-corrected chi connectivity index (χ1v) is 19.0. The standard InChI is InChI=1S/C24H48N2O3.C6H5.Ac/c1-4-5-6-7-8-9-10-11-12-13-14-15-16-17-18-19-20-25-23(27)22(21(2)3)26-24(28)29;1-2-4-6-5-3-1;/h21-22,26H,4-20H2,1-3H3,(H,25,27)(H,28,29);1-5H;/q;;+1/p-1. The molecule has 1 unspecified atom stereocenters. The Hall–Kier alpha value is -0.598. The summed E-state index contributed by atoms with van der Waals surface area (Å²) in [4.78, 5) is 24.8. The van der Waals surface area contributed by atoms with Gasteiger partial charge >= 0.3 is 169 Å². The molecule has 5 nitrogen and oxygen atoms in total. The molecule has 0 radical (unpaired) electrons. The molecule has 0 heterocycles. The third-order valence-corrected chi connectivity index (χ3v) is 10.7. The first-order chi connectivity index (χ1) is 17.5. The van der Waals surface area contributed by atoms with Crippen LogP contribution in [0.4, 0.5) is 4.79 Å². The Balaban J connectivity index is 1.98. The molecule has 2 N–H and O–H groups in total. The SMILES string of the molecule is CCCCCCCCCCCCCCCCCCNC(=O)C(NC(=O)[O][Ac][c]1ccccc1)C(C)C. The molecule has 0 aromatic heterocycles. The molecule has 1 aromatic carbocycles. The van der Waals surface area contributed by atoms with Gasteiger partial charge in [-0.2, -0.15) is 0 Å². The molecule has 2 amide bonds. The average Bonchev–Trinajstić information content (AvgIpc) is 2.88. The fraction of sp³-hybridized carbons (Fsp3) is 0.733. The van der Waals surface area contributed by atoms with Crippen LogP contribution in [0.1, 0.15) is 124 Å². The zero-order valence-corrected chi connectivity index (χ0v) is 28.1. The Morgan fingerprint density at radius 1 is 0.750 bits per heavy atom. The van der Waals surface area contributed by atoms with Crippen LogP contribution < -0.4 is 11.4 Å². The van der Waals surface area contributed by atoms with Crippen molar-refractivity contribution in [2.24, 2.45) is 5.92 Å². The van der Waals surface area contributed by atoms with Gasteiger partial charge in [0.25, 0.3) is 0 Å². The number of amides is 2. The Bertz CT molecular complexity index is 669. The van der Waals surface area contributed by atoms with Gasteiger partial charge in [-0.3, -0.25) is 0 Å². The Morgan fingerprint density at radius 2 is 1.22 bits per heavy atom. The molecule has 0 aliphatic rings. The average molecular weight is 716 g/mol. The van der Waals surface area contributed by atoms with E-state index in [-0.39, 0.29) is 11.8 Å². The monoisotopic (exact) mass is 715 g/mol. The molecule has 0 aliphatic carbocycles. The van der Waals surface area contributed by atoms with Crippen LogP contribution >= 0.6 is 0 Å². The quantitative estimate of drug-likeness (QED) is 0.123. The minimum atomic E-state index is -1.91. The van der Waals surface area contributed by atoms with Crippen molar-refractivity contribution in [2.75, 3.05) is 6.54 Å². The number of benzene rings is 1. The summed E-state index contributed by atoms with van der Waals surface area (Å²) in [6, 6.07) is 9.31.